The Bertz CT molecular complexity index is 884. The number of nitrogens with one attached hydrogen (secondary N) is 1. The summed E-state index contributed by atoms with van der Waals surface area (Å²) in [6.07, 6.45) is -0.00351. The van der Waals surface area contributed by atoms with Crippen molar-refractivity contribution in [1.29, 1.82) is 0 Å². The van der Waals surface area contributed by atoms with Crippen molar-refractivity contribution in [3.8, 4) is 5.75 Å². The number of esters is 1. The summed E-state index contributed by atoms with van der Waals surface area (Å²) in [4.78, 5) is 37.9. The molecule has 2 amide bonds. The molecule has 0 aliphatic carbocycles. The molecule has 0 unspecified atom stereocenters. The maximum Gasteiger partial charge on any atom is 0.311 e. The van der Waals surface area contributed by atoms with Crippen LogP contribution in [0.3, 0.4) is 0 Å². The van der Waals surface area contributed by atoms with Crippen LogP contribution in [0.4, 0.5) is 15.8 Å². The summed E-state index contributed by atoms with van der Waals surface area (Å²) < 4.78 is 23.2. The van der Waals surface area contributed by atoms with E-state index in [1.165, 1.54) is 36.3 Å². The van der Waals surface area contributed by atoms with Gasteiger partial charge in [-0.1, -0.05) is 12.1 Å². The van der Waals surface area contributed by atoms with Gasteiger partial charge >= 0.3 is 5.97 Å². The maximum atomic E-state index is 12.9. The molecule has 2 aromatic carbocycles. The van der Waals surface area contributed by atoms with Gasteiger partial charge in [0.05, 0.1) is 18.7 Å². The number of carbonyl (C=O) groups is 3. The van der Waals surface area contributed by atoms with Crippen LogP contribution in [-0.4, -0.2) is 38.0 Å². The molecule has 1 fully saturated rings. The van der Waals surface area contributed by atoms with E-state index in [0.717, 1.165) is 0 Å². The number of methoxy groups -OCH3 is 1. The van der Waals surface area contributed by atoms with Crippen molar-refractivity contribution in [2.24, 2.45) is 5.92 Å². The molecule has 3 rings (SSSR count). The van der Waals surface area contributed by atoms with Gasteiger partial charge < -0.3 is 19.7 Å². The fraction of sp³-hybridized carbons (Fsp3) is 0.250. The number of benzene rings is 2. The molecule has 7 nitrogen and oxygen atoms in total. The predicted octanol–water partition coefficient (Wildman–Crippen LogP) is 2.37. The molecule has 0 saturated carbocycles. The number of rotatable bonds is 6. The highest BCUT2D eigenvalue weighted by Gasteiger charge is 2.37. The Kier molecular flexibility index (Phi) is 5.88. The van der Waals surface area contributed by atoms with Crippen molar-refractivity contribution in [3.63, 3.8) is 0 Å². The quantitative estimate of drug-likeness (QED) is 0.771. The van der Waals surface area contributed by atoms with Gasteiger partial charge in [0.1, 0.15) is 11.6 Å². The lowest BCUT2D eigenvalue weighted by molar-refractivity contribution is -0.151. The van der Waals surface area contributed by atoms with Crippen LogP contribution in [0.25, 0.3) is 0 Å². The Morgan fingerprint density at radius 1 is 1.18 bits per heavy atom. The van der Waals surface area contributed by atoms with Crippen LogP contribution in [0.15, 0.2) is 48.5 Å². The first-order valence-electron chi connectivity index (χ1n) is 8.63. The highest BCUT2D eigenvalue weighted by Crippen LogP contribution is 2.33. The molecule has 1 N–H and O–H groups in total. The summed E-state index contributed by atoms with van der Waals surface area (Å²) in [5.74, 6) is -1.96. The smallest absolute Gasteiger partial charge is 0.311 e. The van der Waals surface area contributed by atoms with Gasteiger partial charge in [0, 0.05) is 18.7 Å². The predicted molar refractivity (Wildman–Crippen MR) is 99.4 cm³/mol. The molecule has 1 aliphatic heterocycles. The zero-order valence-corrected chi connectivity index (χ0v) is 15.2. The largest absolute Gasteiger partial charge is 0.495 e. The Hall–Kier alpha value is -3.42. The Morgan fingerprint density at radius 2 is 1.89 bits per heavy atom. The summed E-state index contributed by atoms with van der Waals surface area (Å²) in [5.41, 5.74) is 0.972. The first-order valence-corrected chi connectivity index (χ1v) is 8.63. The molecule has 0 spiro atoms. The van der Waals surface area contributed by atoms with Crippen molar-refractivity contribution in [3.05, 3.63) is 54.3 Å². The zero-order chi connectivity index (χ0) is 20.1. The molecule has 0 bridgehead atoms. The maximum absolute atomic E-state index is 12.9. The summed E-state index contributed by atoms with van der Waals surface area (Å²) in [6, 6.07) is 12.2. The Balaban J connectivity index is 1.54. The van der Waals surface area contributed by atoms with Crippen LogP contribution >= 0.6 is 0 Å². The lowest BCUT2D eigenvalue weighted by atomic mass is 10.1. The monoisotopic (exact) mass is 386 g/mol. The lowest BCUT2D eigenvalue weighted by Gasteiger charge is -2.19. The number of nitrogens with zero attached hydrogens (tertiary/aromatic N) is 1. The van der Waals surface area contributed by atoms with Gasteiger partial charge in [-0.05, 0) is 36.4 Å². The molecule has 1 heterocycles. The van der Waals surface area contributed by atoms with Crippen LogP contribution < -0.4 is 15.0 Å². The number of para-hydroxylation sites is 2. The van der Waals surface area contributed by atoms with Gasteiger partial charge in [-0.2, -0.15) is 0 Å². The molecule has 0 radical (unpaired) electrons. The third kappa shape index (κ3) is 4.46. The molecule has 8 heteroatoms. The second-order valence-electron chi connectivity index (χ2n) is 6.24. The van der Waals surface area contributed by atoms with Gasteiger partial charge in [0.2, 0.25) is 5.91 Å². The molecular formula is C20H19FN2O5. The van der Waals surface area contributed by atoms with E-state index in [2.05, 4.69) is 5.32 Å². The summed E-state index contributed by atoms with van der Waals surface area (Å²) in [7, 11) is 1.50. The van der Waals surface area contributed by atoms with Crippen LogP contribution in [0.2, 0.25) is 0 Å². The second kappa shape index (κ2) is 8.51. The lowest BCUT2D eigenvalue weighted by Crippen LogP contribution is -2.28. The van der Waals surface area contributed by atoms with E-state index in [-0.39, 0.29) is 18.9 Å². The van der Waals surface area contributed by atoms with Crippen molar-refractivity contribution in [2.45, 2.75) is 6.42 Å². The molecule has 28 heavy (non-hydrogen) atoms. The standard InChI is InChI=1S/C20H19FN2O5/c1-27-17-5-3-2-4-16(17)23-11-13(10-19(23)25)20(26)28-12-18(24)22-15-8-6-14(21)7-9-15/h2-9,13H,10-12H2,1H3,(H,22,24)/t13-/m1/s1. The third-order valence-corrected chi connectivity index (χ3v) is 4.31. The number of hydrogen-bond acceptors (Lipinski definition) is 5. The van der Waals surface area contributed by atoms with E-state index in [4.69, 9.17) is 9.47 Å². The highest BCUT2D eigenvalue weighted by molar-refractivity contribution is 6.01. The van der Waals surface area contributed by atoms with Crippen LogP contribution in [0.5, 0.6) is 5.75 Å². The van der Waals surface area contributed by atoms with E-state index >= 15 is 0 Å². The van der Waals surface area contributed by atoms with E-state index in [0.29, 0.717) is 17.1 Å². The van der Waals surface area contributed by atoms with Gasteiger partial charge in [-0.25, -0.2) is 4.39 Å². The van der Waals surface area contributed by atoms with Crippen LogP contribution in [0, 0.1) is 11.7 Å². The molecule has 0 aromatic heterocycles. The summed E-state index contributed by atoms with van der Waals surface area (Å²) in [6.45, 7) is -0.340. The Labute approximate surface area is 161 Å². The Morgan fingerprint density at radius 3 is 2.61 bits per heavy atom. The first-order chi connectivity index (χ1) is 13.5. The van der Waals surface area contributed by atoms with Gasteiger partial charge in [-0.15, -0.1) is 0 Å². The minimum Gasteiger partial charge on any atom is -0.495 e. The van der Waals surface area contributed by atoms with Crippen LogP contribution in [0.1, 0.15) is 6.42 Å². The molecule has 146 valence electrons. The fourth-order valence-electron chi connectivity index (χ4n) is 2.94. The van der Waals surface area contributed by atoms with Crippen molar-refractivity contribution >= 4 is 29.2 Å². The second-order valence-corrected chi connectivity index (χ2v) is 6.24. The number of halogens is 1. The fourth-order valence-corrected chi connectivity index (χ4v) is 2.94. The highest BCUT2D eigenvalue weighted by atomic mass is 19.1. The number of amides is 2. The van der Waals surface area contributed by atoms with Crippen molar-refractivity contribution in [1.82, 2.24) is 0 Å². The molecule has 1 aliphatic rings. The van der Waals surface area contributed by atoms with E-state index in [1.54, 1.807) is 24.3 Å². The van der Waals surface area contributed by atoms with Gasteiger partial charge in [0.15, 0.2) is 6.61 Å². The normalized spacial score (nSPS) is 16.0. The summed E-state index contributed by atoms with van der Waals surface area (Å²) >= 11 is 0. The van der Waals surface area contributed by atoms with Gasteiger partial charge in [-0.3, -0.25) is 14.4 Å². The van der Waals surface area contributed by atoms with Gasteiger partial charge in [0.25, 0.3) is 5.91 Å². The SMILES string of the molecule is COc1ccccc1N1C[C@H](C(=O)OCC(=O)Nc2ccc(F)cc2)CC1=O. The number of ether oxygens (including phenoxy) is 2. The van der Waals surface area contributed by atoms with Crippen molar-refractivity contribution in [2.75, 3.05) is 30.5 Å². The van der Waals surface area contributed by atoms with Crippen LogP contribution in [-0.2, 0) is 19.1 Å². The summed E-state index contributed by atoms with van der Waals surface area (Å²) in [5, 5.41) is 2.50. The molecule has 1 atom stereocenters. The average Bonchev–Trinajstić information content (AvgIpc) is 3.09. The topological polar surface area (TPSA) is 84.9 Å². The number of carbonyl (C=O) groups excluding carboxylic acids is 3. The number of anilines is 2. The van der Waals surface area contributed by atoms with E-state index < -0.39 is 30.2 Å². The molecule has 1 saturated heterocycles. The average molecular weight is 386 g/mol. The first kappa shape index (κ1) is 19.3. The zero-order valence-electron chi connectivity index (χ0n) is 15.2. The minimum atomic E-state index is -0.670. The van der Waals surface area contributed by atoms with E-state index in [1.807, 2.05) is 0 Å². The van der Waals surface area contributed by atoms with E-state index in [9.17, 15) is 18.8 Å². The third-order valence-electron chi connectivity index (χ3n) is 4.31. The number of hydrogen-bond donors (Lipinski definition) is 1. The minimum absolute atomic E-state index is 0.00351. The molecule has 2 aromatic rings. The van der Waals surface area contributed by atoms with Crippen molar-refractivity contribution < 1.29 is 28.2 Å². The molecular weight excluding hydrogens is 367 g/mol.